The van der Waals surface area contributed by atoms with E-state index in [2.05, 4.69) is 36.4 Å². The van der Waals surface area contributed by atoms with Crippen LogP contribution in [0.4, 0.5) is 5.69 Å². The zero-order valence-electron chi connectivity index (χ0n) is 16.9. The first-order valence-electron chi connectivity index (χ1n) is 10.5. The Morgan fingerprint density at radius 2 is 1.66 bits per heavy atom. The molecule has 2 aliphatic rings. The topological polar surface area (TPSA) is 46.3 Å². The molecule has 0 unspecified atom stereocenters. The zero-order valence-corrected chi connectivity index (χ0v) is 16.9. The second-order valence-electron chi connectivity index (χ2n) is 8.04. The van der Waals surface area contributed by atoms with Crippen LogP contribution in [0.25, 0.3) is 6.08 Å². The van der Waals surface area contributed by atoms with Gasteiger partial charge in [-0.3, -0.25) is 9.59 Å². The van der Waals surface area contributed by atoms with Gasteiger partial charge in [0.15, 0.2) is 6.04 Å². The molecule has 2 heterocycles. The number of carbonyl (C=O) groups excluding carboxylic acids is 2. The highest BCUT2D eigenvalue weighted by Crippen LogP contribution is 2.25. The normalized spacial score (nSPS) is 25.1. The molecule has 2 fully saturated rings. The molecule has 0 radical (unpaired) electrons. The van der Waals surface area contributed by atoms with Crippen molar-refractivity contribution >= 4 is 23.6 Å². The Morgan fingerprint density at radius 1 is 0.966 bits per heavy atom. The van der Waals surface area contributed by atoms with Crippen molar-refractivity contribution in [3.8, 4) is 0 Å². The lowest BCUT2D eigenvalue weighted by Crippen LogP contribution is -3.30. The van der Waals surface area contributed by atoms with E-state index in [1.54, 1.807) is 0 Å². The molecule has 0 spiro atoms. The van der Waals surface area contributed by atoms with Gasteiger partial charge in [-0.2, -0.15) is 0 Å². The van der Waals surface area contributed by atoms with Gasteiger partial charge in [0.05, 0.1) is 18.7 Å². The molecule has 150 valence electrons. The summed E-state index contributed by atoms with van der Waals surface area (Å²) >= 11 is 0. The lowest BCUT2D eigenvalue weighted by Gasteiger charge is -2.31. The summed E-state index contributed by atoms with van der Waals surface area (Å²) in [4.78, 5) is 29.9. The van der Waals surface area contributed by atoms with Crippen LogP contribution >= 0.6 is 0 Å². The number of rotatable bonds is 5. The van der Waals surface area contributed by atoms with Gasteiger partial charge >= 0.3 is 0 Å². The number of benzene rings is 2. The van der Waals surface area contributed by atoms with Gasteiger partial charge in [-0.1, -0.05) is 54.6 Å². The molecule has 29 heavy (non-hydrogen) atoms. The van der Waals surface area contributed by atoms with Crippen LogP contribution in [-0.2, 0) is 9.59 Å². The molecular weight excluding hydrogens is 362 g/mol. The summed E-state index contributed by atoms with van der Waals surface area (Å²) in [5.41, 5.74) is 2.92. The quantitative estimate of drug-likeness (QED) is 0.712. The molecule has 0 aromatic heterocycles. The Labute approximate surface area is 172 Å². The van der Waals surface area contributed by atoms with Crippen LogP contribution in [0.2, 0.25) is 0 Å². The minimum absolute atomic E-state index is 0.0354. The maximum absolute atomic E-state index is 13.0. The van der Waals surface area contributed by atoms with E-state index in [1.165, 1.54) is 20.3 Å². The number of aryl methyl sites for hydroxylation is 1. The van der Waals surface area contributed by atoms with Crippen LogP contribution in [0.5, 0.6) is 0 Å². The Morgan fingerprint density at radius 3 is 2.38 bits per heavy atom. The van der Waals surface area contributed by atoms with Crippen LogP contribution in [0, 0.1) is 6.92 Å². The minimum Gasteiger partial charge on any atom is -0.322 e. The molecule has 0 aliphatic carbocycles. The van der Waals surface area contributed by atoms with Gasteiger partial charge in [-0.05, 0) is 30.2 Å². The average molecular weight is 392 g/mol. The predicted molar refractivity (Wildman–Crippen MR) is 114 cm³/mol. The van der Waals surface area contributed by atoms with Crippen molar-refractivity contribution in [1.29, 1.82) is 0 Å². The van der Waals surface area contributed by atoms with E-state index in [0.717, 1.165) is 44.0 Å². The van der Waals surface area contributed by atoms with E-state index in [-0.39, 0.29) is 17.9 Å². The van der Waals surface area contributed by atoms with Crippen molar-refractivity contribution in [1.82, 2.24) is 0 Å². The molecule has 0 bridgehead atoms. The third-order valence-electron chi connectivity index (χ3n) is 6.11. The number of carbonyl (C=O) groups is 2. The summed E-state index contributed by atoms with van der Waals surface area (Å²) in [6, 6.07) is 17.7. The number of anilines is 1. The van der Waals surface area contributed by atoms with Gasteiger partial charge in [0.25, 0.3) is 5.91 Å². The molecule has 0 saturated carbocycles. The van der Waals surface area contributed by atoms with Gasteiger partial charge in [0.1, 0.15) is 26.2 Å². The van der Waals surface area contributed by atoms with Crippen LogP contribution < -0.4 is 14.7 Å². The van der Waals surface area contributed by atoms with Crippen molar-refractivity contribution in [2.75, 3.05) is 37.6 Å². The van der Waals surface area contributed by atoms with Gasteiger partial charge in [0.2, 0.25) is 5.91 Å². The number of nitrogens with zero attached hydrogens (tertiary/aromatic N) is 1. The predicted octanol–water partition coefficient (Wildman–Crippen LogP) is 0.124. The summed E-state index contributed by atoms with van der Waals surface area (Å²) in [6.45, 7) is 6.85. The second kappa shape index (κ2) is 8.72. The van der Waals surface area contributed by atoms with Gasteiger partial charge in [-0.25, -0.2) is 4.90 Å². The molecule has 5 nitrogen and oxygen atoms in total. The number of piperazine rings is 1. The largest absolute Gasteiger partial charge is 0.322 e. The van der Waals surface area contributed by atoms with Crippen LogP contribution in [0.3, 0.4) is 0 Å². The first-order valence-corrected chi connectivity index (χ1v) is 10.5. The van der Waals surface area contributed by atoms with E-state index < -0.39 is 0 Å². The number of para-hydroxylation sites is 1. The highest BCUT2D eigenvalue weighted by molar-refractivity contribution is 6.22. The second-order valence-corrected chi connectivity index (χ2v) is 8.04. The third-order valence-corrected chi connectivity index (χ3v) is 6.11. The first-order chi connectivity index (χ1) is 14.1. The van der Waals surface area contributed by atoms with E-state index >= 15 is 0 Å². The molecule has 4 rings (SSSR count). The molecular formula is C24H29N3O2+2. The number of imide groups is 1. The summed E-state index contributed by atoms with van der Waals surface area (Å²) in [5, 5.41) is 0. The van der Waals surface area contributed by atoms with Crippen LogP contribution in [-0.4, -0.2) is 50.6 Å². The van der Waals surface area contributed by atoms with Crippen molar-refractivity contribution in [3.05, 3.63) is 71.8 Å². The number of nitrogens with one attached hydrogen (secondary N) is 2. The number of hydrogen-bond acceptors (Lipinski definition) is 2. The monoisotopic (exact) mass is 391 g/mol. The van der Waals surface area contributed by atoms with Crippen molar-refractivity contribution in [2.45, 2.75) is 19.4 Å². The smallest absolute Gasteiger partial charge is 0.292 e. The zero-order chi connectivity index (χ0) is 20.2. The molecule has 2 saturated heterocycles. The molecule has 2 N–H and O–H groups in total. The van der Waals surface area contributed by atoms with Crippen LogP contribution in [0.15, 0.2) is 60.7 Å². The lowest BCUT2D eigenvalue weighted by molar-refractivity contribution is -1.02. The van der Waals surface area contributed by atoms with E-state index in [9.17, 15) is 9.59 Å². The fourth-order valence-electron chi connectivity index (χ4n) is 4.42. The molecule has 2 aromatic rings. The molecule has 1 atom stereocenters. The Hall–Kier alpha value is -2.76. The summed E-state index contributed by atoms with van der Waals surface area (Å²) < 4.78 is 0. The Bertz CT molecular complexity index is 901. The molecule has 2 aliphatic heterocycles. The van der Waals surface area contributed by atoms with Crippen molar-refractivity contribution in [3.63, 3.8) is 0 Å². The van der Waals surface area contributed by atoms with E-state index in [4.69, 9.17) is 0 Å². The first kappa shape index (κ1) is 19.6. The van der Waals surface area contributed by atoms with Gasteiger partial charge in [-0.15, -0.1) is 0 Å². The lowest BCUT2D eigenvalue weighted by atomic mass is 10.1. The summed E-state index contributed by atoms with van der Waals surface area (Å²) in [7, 11) is 0. The maximum atomic E-state index is 13.0. The van der Waals surface area contributed by atoms with Crippen molar-refractivity contribution < 1.29 is 19.4 Å². The standard InChI is InChI=1S/C24H27N3O2/c1-19-8-5-6-12-21(19)27-23(28)18-22(24(27)29)26-16-14-25(15-17-26)13-7-11-20-9-3-2-4-10-20/h2-12,22H,13-18H2,1H3/p+2/b11-7+/t22-/m0/s1. The highest BCUT2D eigenvalue weighted by Gasteiger charge is 2.47. The maximum Gasteiger partial charge on any atom is 0.292 e. The average Bonchev–Trinajstić information content (AvgIpc) is 3.04. The van der Waals surface area contributed by atoms with Crippen molar-refractivity contribution in [2.24, 2.45) is 0 Å². The number of hydrogen-bond donors (Lipinski definition) is 2. The third kappa shape index (κ3) is 4.31. The Kier molecular flexibility index (Phi) is 5.88. The number of amides is 2. The molecule has 2 amide bonds. The van der Waals surface area contributed by atoms with Crippen LogP contribution in [0.1, 0.15) is 17.5 Å². The number of quaternary nitrogens is 2. The summed E-state index contributed by atoms with van der Waals surface area (Å²) in [6.07, 6.45) is 4.73. The van der Waals surface area contributed by atoms with E-state index in [1.807, 2.05) is 37.3 Å². The molecule has 2 aromatic carbocycles. The summed E-state index contributed by atoms with van der Waals surface area (Å²) in [5.74, 6) is -0.103. The van der Waals surface area contributed by atoms with Gasteiger partial charge < -0.3 is 9.80 Å². The minimum atomic E-state index is -0.233. The van der Waals surface area contributed by atoms with E-state index in [0.29, 0.717) is 6.42 Å². The van der Waals surface area contributed by atoms with Gasteiger partial charge in [0, 0.05) is 0 Å². The fourth-order valence-corrected chi connectivity index (χ4v) is 4.42. The molecule has 5 heteroatoms. The Balaban J connectivity index is 1.33. The fraction of sp³-hybridized carbons (Fsp3) is 0.333. The SMILES string of the molecule is Cc1ccccc1N1C(=O)C[C@H]([NH+]2CC[NH+](C/C=C/c3ccccc3)CC2)C1=O. The highest BCUT2D eigenvalue weighted by atomic mass is 16.2.